The summed E-state index contributed by atoms with van der Waals surface area (Å²) in [4.78, 5) is 11.4. The van der Waals surface area contributed by atoms with E-state index in [-0.39, 0.29) is 0 Å². The Bertz CT molecular complexity index is 145. The van der Waals surface area contributed by atoms with E-state index in [1.165, 1.54) is 37.4 Å². The van der Waals surface area contributed by atoms with Gasteiger partial charge in [0.05, 0.1) is 0 Å². The van der Waals surface area contributed by atoms with Crippen LogP contribution in [-0.4, -0.2) is 10.9 Å². The number of rotatable bonds is 8. The molecule has 0 heterocycles. The number of carbonyl (C=O) groups is 1. The van der Waals surface area contributed by atoms with Crippen LogP contribution in [0.3, 0.4) is 0 Å². The molecule has 0 amide bonds. The first-order valence-corrected chi connectivity index (χ1v) is 6.88. The molecule has 0 fully saturated rings. The van der Waals surface area contributed by atoms with Crippen LogP contribution in [0.25, 0.3) is 0 Å². The molecule has 0 aliphatic carbocycles. The molecule has 0 aromatic heterocycles. The molecule has 84 valence electrons. The Hall–Kier alpha value is 0.0200. The lowest BCUT2D eigenvalue weighted by Gasteiger charge is -2.12. The van der Waals surface area contributed by atoms with E-state index >= 15 is 0 Å². The molecule has 0 aliphatic rings. The third-order valence-corrected chi connectivity index (χ3v) is 3.33. The maximum absolute atomic E-state index is 11.4. The van der Waals surface area contributed by atoms with Crippen molar-refractivity contribution < 1.29 is 4.79 Å². The van der Waals surface area contributed by atoms with Gasteiger partial charge in [0, 0.05) is 6.42 Å². The predicted molar refractivity (Wildman–Crippen MR) is 65.7 cm³/mol. The largest absolute Gasteiger partial charge is 0.287 e. The van der Waals surface area contributed by atoms with Crippen LogP contribution in [0.4, 0.5) is 0 Å². The molecule has 1 atom stereocenters. The fourth-order valence-corrected chi connectivity index (χ4v) is 2.26. The molecule has 14 heavy (non-hydrogen) atoms. The molecule has 0 radical (unpaired) electrons. The summed E-state index contributed by atoms with van der Waals surface area (Å²) in [5.41, 5.74) is 0. The Morgan fingerprint density at radius 1 is 1.21 bits per heavy atom. The van der Waals surface area contributed by atoms with Gasteiger partial charge in [-0.25, -0.2) is 0 Å². The zero-order chi connectivity index (χ0) is 10.8. The molecule has 0 rings (SSSR count). The summed E-state index contributed by atoms with van der Waals surface area (Å²) in [6.45, 7) is 6.46. The van der Waals surface area contributed by atoms with Gasteiger partial charge in [0.1, 0.15) is 0 Å². The Balaban J connectivity index is 3.61. The maximum atomic E-state index is 11.4. The summed E-state index contributed by atoms with van der Waals surface area (Å²) in [7, 11) is 0. The van der Waals surface area contributed by atoms with Crippen LogP contribution in [0, 0.1) is 5.92 Å². The molecule has 0 aromatic carbocycles. The van der Waals surface area contributed by atoms with Crippen molar-refractivity contribution in [3.05, 3.63) is 0 Å². The second kappa shape index (κ2) is 9.57. The fraction of sp³-hybridized carbons (Fsp3) is 0.917. The lowest BCUT2D eigenvalue weighted by Crippen LogP contribution is -2.05. The summed E-state index contributed by atoms with van der Waals surface area (Å²) in [5, 5.41) is 0.385. The van der Waals surface area contributed by atoms with Crippen LogP contribution in [0.2, 0.25) is 0 Å². The minimum Gasteiger partial charge on any atom is -0.287 e. The second-order valence-electron chi connectivity index (χ2n) is 3.78. The number of hydrogen-bond donors (Lipinski definition) is 0. The molecule has 0 spiro atoms. The lowest BCUT2D eigenvalue weighted by atomic mass is 9.96. The Morgan fingerprint density at radius 3 is 2.43 bits per heavy atom. The average molecular weight is 216 g/mol. The van der Waals surface area contributed by atoms with E-state index in [2.05, 4.69) is 13.8 Å². The summed E-state index contributed by atoms with van der Waals surface area (Å²) in [6, 6.07) is 0. The lowest BCUT2D eigenvalue weighted by molar-refractivity contribution is -0.111. The Morgan fingerprint density at radius 2 is 1.93 bits per heavy atom. The van der Waals surface area contributed by atoms with E-state index < -0.39 is 0 Å². The standard InChI is InChI=1S/C12H24OS/c1-4-7-8-9-11(5-2)10-12(13)14-6-3/h11H,4-10H2,1-3H3/t11-/m0/s1. The van der Waals surface area contributed by atoms with Gasteiger partial charge in [-0.1, -0.05) is 64.6 Å². The number of carbonyl (C=O) groups excluding carboxylic acids is 1. The van der Waals surface area contributed by atoms with E-state index in [9.17, 15) is 4.79 Å². The summed E-state index contributed by atoms with van der Waals surface area (Å²) in [6.07, 6.45) is 7.05. The Labute approximate surface area is 93.0 Å². The molecule has 0 aromatic rings. The van der Waals surface area contributed by atoms with Crippen molar-refractivity contribution in [2.24, 2.45) is 5.92 Å². The molecule has 0 bridgehead atoms. The Kier molecular flexibility index (Phi) is 9.58. The summed E-state index contributed by atoms with van der Waals surface area (Å²) < 4.78 is 0. The molecular formula is C12H24OS. The fourth-order valence-electron chi connectivity index (χ4n) is 1.59. The van der Waals surface area contributed by atoms with Gasteiger partial charge in [-0.2, -0.15) is 0 Å². The highest BCUT2D eigenvalue weighted by Crippen LogP contribution is 2.20. The minimum absolute atomic E-state index is 0.385. The number of hydrogen-bond acceptors (Lipinski definition) is 2. The van der Waals surface area contributed by atoms with Gasteiger partial charge in [-0.3, -0.25) is 4.79 Å². The van der Waals surface area contributed by atoms with E-state index in [0.717, 1.165) is 18.6 Å². The van der Waals surface area contributed by atoms with E-state index in [1.807, 2.05) is 6.92 Å². The van der Waals surface area contributed by atoms with Crippen molar-refractivity contribution in [2.45, 2.75) is 59.3 Å². The van der Waals surface area contributed by atoms with Crippen LogP contribution in [0.15, 0.2) is 0 Å². The third kappa shape index (κ3) is 7.43. The van der Waals surface area contributed by atoms with Crippen molar-refractivity contribution >= 4 is 16.9 Å². The topological polar surface area (TPSA) is 17.1 Å². The first-order chi connectivity index (χ1) is 6.74. The van der Waals surface area contributed by atoms with Crippen molar-refractivity contribution in [1.82, 2.24) is 0 Å². The van der Waals surface area contributed by atoms with Crippen LogP contribution < -0.4 is 0 Å². The van der Waals surface area contributed by atoms with Crippen LogP contribution in [0.5, 0.6) is 0 Å². The van der Waals surface area contributed by atoms with Gasteiger partial charge in [-0.15, -0.1) is 0 Å². The highest BCUT2D eigenvalue weighted by Gasteiger charge is 2.11. The highest BCUT2D eigenvalue weighted by molar-refractivity contribution is 8.13. The zero-order valence-corrected chi connectivity index (χ0v) is 10.7. The summed E-state index contributed by atoms with van der Waals surface area (Å²) >= 11 is 1.48. The molecule has 0 saturated heterocycles. The molecular weight excluding hydrogens is 192 g/mol. The number of unbranched alkanes of at least 4 members (excludes halogenated alkanes) is 2. The van der Waals surface area contributed by atoms with Crippen molar-refractivity contribution in [3.63, 3.8) is 0 Å². The summed E-state index contributed by atoms with van der Waals surface area (Å²) in [5.74, 6) is 1.55. The normalized spacial score (nSPS) is 12.8. The van der Waals surface area contributed by atoms with Crippen LogP contribution >= 0.6 is 11.8 Å². The first-order valence-electron chi connectivity index (χ1n) is 5.90. The first kappa shape index (κ1) is 14.0. The molecule has 0 unspecified atom stereocenters. The predicted octanol–water partition coefficient (Wildman–Crippen LogP) is 4.26. The SMILES string of the molecule is CCCCC[C@H](CC)CC(=O)SCC. The quantitative estimate of drug-likeness (QED) is 0.564. The third-order valence-electron chi connectivity index (χ3n) is 2.55. The van der Waals surface area contributed by atoms with Gasteiger partial charge in [0.15, 0.2) is 5.12 Å². The molecule has 0 saturated carbocycles. The van der Waals surface area contributed by atoms with Gasteiger partial charge in [0.2, 0.25) is 0 Å². The van der Waals surface area contributed by atoms with E-state index in [1.54, 1.807) is 0 Å². The minimum atomic E-state index is 0.385. The zero-order valence-electron chi connectivity index (χ0n) is 9.84. The van der Waals surface area contributed by atoms with E-state index in [0.29, 0.717) is 11.0 Å². The van der Waals surface area contributed by atoms with Crippen LogP contribution in [-0.2, 0) is 4.79 Å². The number of thioether (sulfide) groups is 1. The van der Waals surface area contributed by atoms with Crippen molar-refractivity contribution in [2.75, 3.05) is 5.75 Å². The van der Waals surface area contributed by atoms with Gasteiger partial charge < -0.3 is 0 Å². The molecule has 1 nitrogen and oxygen atoms in total. The molecule has 0 N–H and O–H groups in total. The van der Waals surface area contributed by atoms with Gasteiger partial charge >= 0.3 is 0 Å². The van der Waals surface area contributed by atoms with Gasteiger partial charge in [0.25, 0.3) is 0 Å². The second-order valence-corrected chi connectivity index (χ2v) is 5.10. The van der Waals surface area contributed by atoms with Gasteiger partial charge in [-0.05, 0) is 11.7 Å². The average Bonchev–Trinajstić information content (AvgIpc) is 2.17. The highest BCUT2D eigenvalue weighted by atomic mass is 32.2. The smallest absolute Gasteiger partial charge is 0.189 e. The van der Waals surface area contributed by atoms with Crippen molar-refractivity contribution in [1.29, 1.82) is 0 Å². The molecule has 0 aliphatic heterocycles. The maximum Gasteiger partial charge on any atom is 0.189 e. The van der Waals surface area contributed by atoms with Crippen molar-refractivity contribution in [3.8, 4) is 0 Å². The molecule has 2 heteroatoms. The monoisotopic (exact) mass is 216 g/mol. The van der Waals surface area contributed by atoms with E-state index in [4.69, 9.17) is 0 Å². The van der Waals surface area contributed by atoms with Crippen LogP contribution in [0.1, 0.15) is 59.3 Å².